The zero-order valence-corrected chi connectivity index (χ0v) is 14.1. The number of hydrogen-bond acceptors (Lipinski definition) is 2. The fourth-order valence-electron chi connectivity index (χ4n) is 2.76. The maximum atomic E-state index is 5.07. The summed E-state index contributed by atoms with van der Waals surface area (Å²) < 4.78 is 5.07. The number of ether oxygens (including phenoxy) is 1. The van der Waals surface area contributed by atoms with Gasteiger partial charge in [0, 0.05) is 20.2 Å². The third-order valence-corrected chi connectivity index (χ3v) is 3.98. The molecule has 1 aromatic carbocycles. The molecule has 0 bridgehead atoms. The van der Waals surface area contributed by atoms with Gasteiger partial charge in [-0.15, -0.1) is 0 Å². The maximum absolute atomic E-state index is 5.07. The van der Waals surface area contributed by atoms with E-state index >= 15 is 0 Å². The molecule has 0 heterocycles. The van der Waals surface area contributed by atoms with Crippen LogP contribution >= 0.6 is 0 Å². The van der Waals surface area contributed by atoms with Crippen molar-refractivity contribution in [3.05, 3.63) is 34.4 Å². The van der Waals surface area contributed by atoms with Crippen LogP contribution in [0, 0.1) is 26.2 Å². The van der Waals surface area contributed by atoms with Crippen molar-refractivity contribution in [2.24, 2.45) is 5.41 Å². The molecule has 0 radical (unpaired) electrons. The smallest absolute Gasteiger partial charge is 0.0587 e. The van der Waals surface area contributed by atoms with Crippen molar-refractivity contribution in [3.63, 3.8) is 0 Å². The van der Waals surface area contributed by atoms with Crippen LogP contribution in [0.4, 0.5) is 0 Å². The predicted molar refractivity (Wildman–Crippen MR) is 87.5 cm³/mol. The number of hydrogen-bond donors (Lipinski definition) is 1. The van der Waals surface area contributed by atoms with E-state index in [1.807, 2.05) is 0 Å². The second-order valence-corrected chi connectivity index (χ2v) is 6.71. The van der Waals surface area contributed by atoms with E-state index in [9.17, 15) is 0 Å². The van der Waals surface area contributed by atoms with Crippen LogP contribution in [0.5, 0.6) is 0 Å². The van der Waals surface area contributed by atoms with Crippen molar-refractivity contribution in [3.8, 4) is 0 Å². The second kappa shape index (κ2) is 7.80. The van der Waals surface area contributed by atoms with Crippen LogP contribution in [0.2, 0.25) is 0 Å². The Morgan fingerprint density at radius 1 is 1.10 bits per heavy atom. The number of rotatable bonds is 8. The Kier molecular flexibility index (Phi) is 6.70. The molecule has 0 aromatic heterocycles. The molecule has 1 aromatic rings. The minimum Gasteiger partial charge on any atom is -0.383 e. The fraction of sp³-hybridized carbons (Fsp3) is 0.667. The number of methoxy groups -OCH3 is 1. The first-order valence-electron chi connectivity index (χ1n) is 7.62. The van der Waals surface area contributed by atoms with E-state index < -0.39 is 0 Å². The Balaban J connectivity index is 2.53. The number of benzene rings is 1. The topological polar surface area (TPSA) is 21.3 Å². The van der Waals surface area contributed by atoms with E-state index in [4.69, 9.17) is 4.74 Å². The quantitative estimate of drug-likeness (QED) is 0.730. The minimum atomic E-state index is 0.317. The van der Waals surface area contributed by atoms with Crippen LogP contribution in [0.15, 0.2) is 12.1 Å². The van der Waals surface area contributed by atoms with Crippen molar-refractivity contribution in [2.75, 3.05) is 26.8 Å². The summed E-state index contributed by atoms with van der Waals surface area (Å²) in [5, 5.41) is 3.48. The lowest BCUT2D eigenvalue weighted by Crippen LogP contribution is -2.32. The first-order chi connectivity index (χ1) is 9.35. The summed E-state index contributed by atoms with van der Waals surface area (Å²) >= 11 is 0. The van der Waals surface area contributed by atoms with E-state index in [0.717, 1.165) is 26.1 Å². The van der Waals surface area contributed by atoms with Gasteiger partial charge in [0.15, 0.2) is 0 Å². The SMILES string of the molecule is COCCNCC(C)(C)CCc1c(C)cc(C)cc1C. The van der Waals surface area contributed by atoms with E-state index in [1.165, 1.54) is 28.7 Å². The zero-order valence-electron chi connectivity index (χ0n) is 14.1. The van der Waals surface area contributed by atoms with Gasteiger partial charge in [0.25, 0.3) is 0 Å². The monoisotopic (exact) mass is 277 g/mol. The maximum Gasteiger partial charge on any atom is 0.0587 e. The van der Waals surface area contributed by atoms with Crippen LogP contribution in [0.3, 0.4) is 0 Å². The summed E-state index contributed by atoms with van der Waals surface area (Å²) in [6.07, 6.45) is 2.37. The molecule has 0 aliphatic rings. The van der Waals surface area contributed by atoms with Gasteiger partial charge in [-0.05, 0) is 55.7 Å². The average molecular weight is 277 g/mol. The molecule has 2 nitrogen and oxygen atoms in total. The standard InChI is InChI=1S/C18H31NO/c1-14-11-15(2)17(16(3)12-14)7-8-18(4,5)13-19-9-10-20-6/h11-12,19H,7-10,13H2,1-6H3. The van der Waals surface area contributed by atoms with Gasteiger partial charge >= 0.3 is 0 Å². The molecule has 2 heteroatoms. The molecule has 0 saturated heterocycles. The highest BCUT2D eigenvalue weighted by Gasteiger charge is 2.18. The van der Waals surface area contributed by atoms with E-state index in [2.05, 4.69) is 52.1 Å². The summed E-state index contributed by atoms with van der Waals surface area (Å²) in [5.74, 6) is 0. The summed E-state index contributed by atoms with van der Waals surface area (Å²) in [4.78, 5) is 0. The Bertz CT molecular complexity index is 400. The van der Waals surface area contributed by atoms with Gasteiger partial charge in [0.2, 0.25) is 0 Å². The molecule has 0 atom stereocenters. The number of nitrogens with one attached hydrogen (secondary N) is 1. The molecule has 1 N–H and O–H groups in total. The van der Waals surface area contributed by atoms with Gasteiger partial charge in [-0.2, -0.15) is 0 Å². The minimum absolute atomic E-state index is 0.317. The van der Waals surface area contributed by atoms with Gasteiger partial charge < -0.3 is 10.1 Å². The second-order valence-electron chi connectivity index (χ2n) is 6.71. The van der Waals surface area contributed by atoms with Crippen molar-refractivity contribution in [1.82, 2.24) is 5.32 Å². The highest BCUT2D eigenvalue weighted by Crippen LogP contribution is 2.25. The summed E-state index contributed by atoms with van der Waals surface area (Å²) in [6.45, 7) is 14.1. The Morgan fingerprint density at radius 2 is 1.70 bits per heavy atom. The fourth-order valence-corrected chi connectivity index (χ4v) is 2.76. The first-order valence-corrected chi connectivity index (χ1v) is 7.62. The molecule has 0 aliphatic heterocycles. The average Bonchev–Trinajstić information content (AvgIpc) is 2.33. The van der Waals surface area contributed by atoms with Crippen LogP contribution in [0.1, 0.15) is 42.5 Å². The van der Waals surface area contributed by atoms with E-state index in [-0.39, 0.29) is 0 Å². The van der Waals surface area contributed by atoms with Crippen LogP contribution in [-0.4, -0.2) is 26.8 Å². The predicted octanol–water partition coefficient (Wildman–Crippen LogP) is 3.81. The summed E-state index contributed by atoms with van der Waals surface area (Å²) in [6, 6.07) is 4.60. The summed E-state index contributed by atoms with van der Waals surface area (Å²) in [5.41, 5.74) is 6.08. The lowest BCUT2D eigenvalue weighted by atomic mass is 9.84. The lowest BCUT2D eigenvalue weighted by Gasteiger charge is -2.26. The molecule has 114 valence electrons. The molecular formula is C18H31NO. The van der Waals surface area contributed by atoms with E-state index in [1.54, 1.807) is 7.11 Å². The first kappa shape index (κ1) is 17.2. The molecule has 1 rings (SSSR count). The molecular weight excluding hydrogens is 246 g/mol. The van der Waals surface area contributed by atoms with Crippen LogP contribution in [0.25, 0.3) is 0 Å². The molecule has 20 heavy (non-hydrogen) atoms. The molecule has 0 fully saturated rings. The largest absolute Gasteiger partial charge is 0.383 e. The van der Waals surface area contributed by atoms with Crippen molar-refractivity contribution in [1.29, 1.82) is 0 Å². The van der Waals surface area contributed by atoms with Crippen molar-refractivity contribution >= 4 is 0 Å². The molecule has 0 unspecified atom stereocenters. The zero-order chi connectivity index (χ0) is 15.2. The third kappa shape index (κ3) is 5.64. The molecule has 0 aliphatic carbocycles. The van der Waals surface area contributed by atoms with Gasteiger partial charge in [0.1, 0.15) is 0 Å². The van der Waals surface area contributed by atoms with Crippen LogP contribution < -0.4 is 5.32 Å². The normalized spacial score (nSPS) is 11.9. The van der Waals surface area contributed by atoms with Crippen molar-refractivity contribution < 1.29 is 4.74 Å². The highest BCUT2D eigenvalue weighted by atomic mass is 16.5. The Hall–Kier alpha value is -0.860. The summed E-state index contributed by atoms with van der Waals surface area (Å²) in [7, 11) is 1.75. The van der Waals surface area contributed by atoms with Crippen molar-refractivity contribution in [2.45, 2.75) is 47.5 Å². The third-order valence-electron chi connectivity index (χ3n) is 3.98. The van der Waals surface area contributed by atoms with Gasteiger partial charge in [-0.25, -0.2) is 0 Å². The lowest BCUT2D eigenvalue weighted by molar-refractivity contribution is 0.193. The van der Waals surface area contributed by atoms with Gasteiger partial charge in [-0.1, -0.05) is 31.5 Å². The van der Waals surface area contributed by atoms with Gasteiger partial charge in [0.05, 0.1) is 6.61 Å². The van der Waals surface area contributed by atoms with E-state index in [0.29, 0.717) is 5.41 Å². The van der Waals surface area contributed by atoms with Crippen LogP contribution in [-0.2, 0) is 11.2 Å². The Morgan fingerprint density at radius 3 is 2.25 bits per heavy atom. The molecule has 0 spiro atoms. The molecule has 0 amide bonds. The highest BCUT2D eigenvalue weighted by molar-refractivity contribution is 5.37. The Labute approximate surface area is 124 Å². The van der Waals surface area contributed by atoms with Gasteiger partial charge in [-0.3, -0.25) is 0 Å². The number of aryl methyl sites for hydroxylation is 3. The molecule has 0 saturated carbocycles.